The first kappa shape index (κ1) is 14.8. The molecule has 0 bridgehead atoms. The first-order chi connectivity index (χ1) is 8.87. The van der Waals surface area contributed by atoms with E-state index >= 15 is 0 Å². The minimum atomic E-state index is -3.40. The van der Waals surface area contributed by atoms with Crippen LogP contribution in [-0.4, -0.2) is 25.3 Å². The van der Waals surface area contributed by atoms with E-state index in [9.17, 15) is 8.42 Å². The lowest BCUT2D eigenvalue weighted by molar-refractivity contribution is 0.408. The van der Waals surface area contributed by atoms with E-state index in [1.54, 1.807) is 10.4 Å². The smallest absolute Gasteiger partial charge is 0.207 e. The molecule has 1 aromatic rings. The molecular weight excluding hydrogens is 282 g/mol. The number of halogens is 1. The van der Waals surface area contributed by atoms with Crippen molar-refractivity contribution in [2.75, 3.05) is 6.54 Å². The number of hydrogen-bond donors (Lipinski definition) is 0. The van der Waals surface area contributed by atoms with Gasteiger partial charge >= 0.3 is 0 Å². The Balaban J connectivity index is 2.54. The Hall–Kier alpha value is -0.580. The SMILES string of the molecule is Cc1cc(CCl)cc(S(=O)(=O)N2CCCC2C)c1C. The van der Waals surface area contributed by atoms with Crippen molar-refractivity contribution in [3.8, 4) is 0 Å². The van der Waals surface area contributed by atoms with Crippen molar-refractivity contribution in [1.29, 1.82) is 0 Å². The van der Waals surface area contributed by atoms with Gasteiger partial charge in [0.1, 0.15) is 0 Å². The van der Waals surface area contributed by atoms with E-state index < -0.39 is 10.0 Å². The van der Waals surface area contributed by atoms with Crippen molar-refractivity contribution in [2.24, 2.45) is 0 Å². The van der Waals surface area contributed by atoms with Gasteiger partial charge in [0.25, 0.3) is 0 Å². The molecule has 0 amide bonds. The van der Waals surface area contributed by atoms with Gasteiger partial charge in [-0.2, -0.15) is 4.31 Å². The second-order valence-electron chi connectivity index (χ2n) is 5.28. The Bertz CT molecular complexity index is 583. The maximum absolute atomic E-state index is 12.8. The predicted molar refractivity (Wildman–Crippen MR) is 78.1 cm³/mol. The van der Waals surface area contributed by atoms with Gasteiger partial charge in [0, 0.05) is 18.5 Å². The average Bonchev–Trinajstić information content (AvgIpc) is 2.79. The van der Waals surface area contributed by atoms with Crippen LogP contribution in [-0.2, 0) is 15.9 Å². The molecule has 0 aromatic heterocycles. The molecule has 1 saturated heterocycles. The van der Waals surface area contributed by atoms with Gasteiger partial charge < -0.3 is 0 Å². The van der Waals surface area contributed by atoms with Gasteiger partial charge in [0.15, 0.2) is 0 Å². The lowest BCUT2D eigenvalue weighted by atomic mass is 10.1. The van der Waals surface area contributed by atoms with Crippen LogP contribution in [0, 0.1) is 13.8 Å². The number of nitrogens with zero attached hydrogens (tertiary/aromatic N) is 1. The fourth-order valence-corrected chi connectivity index (χ4v) is 4.84. The number of alkyl halides is 1. The Morgan fingerprint density at radius 1 is 1.37 bits per heavy atom. The van der Waals surface area contributed by atoms with Gasteiger partial charge in [-0.1, -0.05) is 6.07 Å². The summed E-state index contributed by atoms with van der Waals surface area (Å²) in [5.41, 5.74) is 2.66. The van der Waals surface area contributed by atoms with Crippen LogP contribution in [0.2, 0.25) is 0 Å². The van der Waals surface area contributed by atoms with E-state index in [2.05, 4.69) is 0 Å². The molecule has 1 heterocycles. The molecule has 5 heteroatoms. The molecule has 0 N–H and O–H groups in total. The highest BCUT2D eigenvalue weighted by atomic mass is 35.5. The van der Waals surface area contributed by atoms with Crippen LogP contribution in [0.3, 0.4) is 0 Å². The van der Waals surface area contributed by atoms with E-state index in [1.165, 1.54) is 0 Å². The van der Waals surface area contributed by atoms with Crippen LogP contribution in [0.4, 0.5) is 0 Å². The molecule has 0 spiro atoms. The molecule has 1 fully saturated rings. The summed E-state index contributed by atoms with van der Waals surface area (Å²) in [6.07, 6.45) is 1.88. The zero-order valence-corrected chi connectivity index (χ0v) is 13.2. The first-order valence-electron chi connectivity index (χ1n) is 6.56. The molecule has 1 unspecified atom stereocenters. The van der Waals surface area contributed by atoms with Crippen LogP contribution in [0.5, 0.6) is 0 Å². The monoisotopic (exact) mass is 301 g/mol. The van der Waals surface area contributed by atoms with Gasteiger partial charge in [-0.3, -0.25) is 0 Å². The summed E-state index contributed by atoms with van der Waals surface area (Å²) < 4.78 is 27.2. The van der Waals surface area contributed by atoms with Crippen molar-refractivity contribution in [3.63, 3.8) is 0 Å². The molecular formula is C14H20ClNO2S. The van der Waals surface area contributed by atoms with Crippen molar-refractivity contribution in [1.82, 2.24) is 4.31 Å². The van der Waals surface area contributed by atoms with Crippen LogP contribution in [0.1, 0.15) is 36.5 Å². The minimum absolute atomic E-state index is 0.0874. The second kappa shape index (κ2) is 5.43. The number of benzene rings is 1. The molecule has 19 heavy (non-hydrogen) atoms. The van der Waals surface area contributed by atoms with E-state index in [0.717, 1.165) is 29.5 Å². The number of sulfonamides is 1. The van der Waals surface area contributed by atoms with Gasteiger partial charge in [0.05, 0.1) is 4.90 Å². The van der Waals surface area contributed by atoms with Crippen LogP contribution < -0.4 is 0 Å². The van der Waals surface area contributed by atoms with Gasteiger partial charge in [-0.15, -0.1) is 11.6 Å². The molecule has 1 aromatic carbocycles. The summed E-state index contributed by atoms with van der Waals surface area (Å²) in [6, 6.07) is 3.76. The summed E-state index contributed by atoms with van der Waals surface area (Å²) >= 11 is 5.85. The first-order valence-corrected chi connectivity index (χ1v) is 8.53. The molecule has 1 atom stereocenters. The summed E-state index contributed by atoms with van der Waals surface area (Å²) in [7, 11) is -3.40. The molecule has 106 valence electrons. The molecule has 0 radical (unpaired) electrons. The van der Waals surface area contributed by atoms with Crippen molar-refractivity contribution in [2.45, 2.75) is 50.4 Å². The zero-order chi connectivity index (χ0) is 14.2. The predicted octanol–water partition coefficient (Wildman–Crippen LogP) is 3.22. The molecule has 3 nitrogen and oxygen atoms in total. The standard InChI is InChI=1S/C14H20ClNO2S/c1-10-7-13(9-15)8-14(12(10)3)19(17,18)16-6-4-5-11(16)2/h7-8,11H,4-6,9H2,1-3H3. The number of hydrogen-bond acceptors (Lipinski definition) is 2. The largest absolute Gasteiger partial charge is 0.243 e. The maximum Gasteiger partial charge on any atom is 0.243 e. The fourth-order valence-electron chi connectivity index (χ4n) is 2.63. The van der Waals surface area contributed by atoms with Crippen LogP contribution in [0.25, 0.3) is 0 Å². The van der Waals surface area contributed by atoms with Crippen LogP contribution >= 0.6 is 11.6 Å². The maximum atomic E-state index is 12.8. The normalized spacial score (nSPS) is 20.9. The summed E-state index contributed by atoms with van der Waals surface area (Å²) in [5.74, 6) is 0.333. The quantitative estimate of drug-likeness (QED) is 0.804. The Labute approximate surface area is 120 Å². The van der Waals surface area contributed by atoms with Gasteiger partial charge in [-0.25, -0.2) is 8.42 Å². The third kappa shape index (κ3) is 2.67. The van der Waals surface area contributed by atoms with Crippen molar-refractivity contribution < 1.29 is 8.42 Å². The average molecular weight is 302 g/mol. The summed E-state index contributed by atoms with van der Waals surface area (Å²) in [4.78, 5) is 0.414. The Kier molecular flexibility index (Phi) is 4.23. The van der Waals surface area contributed by atoms with Gasteiger partial charge in [0.2, 0.25) is 10.0 Å². The molecule has 2 rings (SSSR count). The second-order valence-corrected chi connectivity index (χ2v) is 7.40. The number of rotatable bonds is 3. The van der Waals surface area contributed by atoms with E-state index in [0.29, 0.717) is 17.3 Å². The molecule has 1 aliphatic rings. The lowest BCUT2D eigenvalue weighted by Gasteiger charge is -2.23. The van der Waals surface area contributed by atoms with Gasteiger partial charge in [-0.05, 0) is 56.4 Å². The molecule has 1 aliphatic heterocycles. The third-order valence-electron chi connectivity index (χ3n) is 3.91. The third-order valence-corrected chi connectivity index (χ3v) is 6.36. The summed E-state index contributed by atoms with van der Waals surface area (Å²) in [5, 5.41) is 0. The molecule has 0 aliphatic carbocycles. The highest BCUT2D eigenvalue weighted by Gasteiger charge is 2.33. The topological polar surface area (TPSA) is 37.4 Å². The lowest BCUT2D eigenvalue weighted by Crippen LogP contribution is -2.34. The van der Waals surface area contributed by atoms with E-state index in [-0.39, 0.29) is 6.04 Å². The summed E-state index contributed by atoms with van der Waals surface area (Å²) in [6.45, 7) is 6.38. The minimum Gasteiger partial charge on any atom is -0.207 e. The van der Waals surface area contributed by atoms with Crippen LogP contribution in [0.15, 0.2) is 17.0 Å². The zero-order valence-electron chi connectivity index (χ0n) is 11.6. The Morgan fingerprint density at radius 3 is 2.58 bits per heavy atom. The highest BCUT2D eigenvalue weighted by Crippen LogP contribution is 2.29. The number of aryl methyl sites for hydroxylation is 1. The van der Waals surface area contributed by atoms with E-state index in [1.807, 2.05) is 26.8 Å². The van der Waals surface area contributed by atoms with Crippen molar-refractivity contribution in [3.05, 3.63) is 28.8 Å². The fraction of sp³-hybridized carbons (Fsp3) is 0.571. The van der Waals surface area contributed by atoms with Crippen molar-refractivity contribution >= 4 is 21.6 Å². The Morgan fingerprint density at radius 2 is 2.05 bits per heavy atom. The molecule has 0 saturated carbocycles. The highest BCUT2D eigenvalue weighted by molar-refractivity contribution is 7.89. The van der Waals surface area contributed by atoms with E-state index in [4.69, 9.17) is 11.6 Å².